The van der Waals surface area contributed by atoms with Crippen LogP contribution in [0.1, 0.15) is 61.8 Å². The minimum absolute atomic E-state index is 0. The number of carbonyl (C=O) groups is 1. The molecule has 38 heavy (non-hydrogen) atoms. The number of likely N-dealkylation sites (N-methyl/N-ethyl adjacent to an activating group) is 1. The summed E-state index contributed by atoms with van der Waals surface area (Å²) in [7, 11) is 4.26. The molecule has 2 aromatic heterocycles. The molecule has 1 saturated carbocycles. The minimum Gasteiger partial charge on any atom is -0.349 e. The number of hydrogen-bond acceptors (Lipinski definition) is 7. The lowest BCUT2D eigenvalue weighted by Crippen LogP contribution is -2.33. The number of rotatable bonds is 8. The number of nitrogens with zero attached hydrogens (tertiary/aromatic N) is 4. The van der Waals surface area contributed by atoms with Gasteiger partial charge in [-0.1, -0.05) is 6.07 Å². The molecule has 0 aliphatic heterocycles. The molecule has 1 aromatic carbocycles. The van der Waals surface area contributed by atoms with Crippen LogP contribution >= 0.6 is 24.0 Å². The molecular weight excluding hydrogens is 596 g/mol. The Bertz CT molecular complexity index is 1310. The first-order chi connectivity index (χ1) is 17.7. The third-order valence-corrected chi connectivity index (χ3v) is 6.92. The van der Waals surface area contributed by atoms with Gasteiger partial charge >= 0.3 is 0 Å². The molecular formula is C28H37FIN7O. The lowest BCUT2D eigenvalue weighted by atomic mass is 9.87. The summed E-state index contributed by atoms with van der Waals surface area (Å²) in [6, 6.07) is 10.6. The maximum absolute atomic E-state index is 14.5. The largest absolute Gasteiger partial charge is 0.349 e. The third-order valence-electron chi connectivity index (χ3n) is 6.92. The predicted octanol–water partition coefficient (Wildman–Crippen LogP) is 5.74. The Balaban J connectivity index is 0.00000210. The van der Waals surface area contributed by atoms with Crippen molar-refractivity contribution >= 4 is 52.9 Å². The van der Waals surface area contributed by atoms with E-state index in [-0.39, 0.29) is 43.2 Å². The second-order valence-electron chi connectivity index (χ2n) is 10.7. The monoisotopic (exact) mass is 633 g/mol. The van der Waals surface area contributed by atoms with E-state index in [0.717, 1.165) is 37.8 Å². The Labute approximate surface area is 241 Å². The fourth-order valence-electron chi connectivity index (χ4n) is 4.56. The average molecular weight is 634 g/mol. The number of aromatic nitrogens is 3. The number of fused-ring (bicyclic) bond motifs is 1. The minimum atomic E-state index is -1.69. The van der Waals surface area contributed by atoms with E-state index < -0.39 is 5.67 Å². The third kappa shape index (κ3) is 6.76. The first-order valence-corrected chi connectivity index (χ1v) is 12.8. The lowest BCUT2D eigenvalue weighted by molar-refractivity contribution is 0.0951. The van der Waals surface area contributed by atoms with Crippen LogP contribution in [0.4, 0.5) is 27.4 Å². The average Bonchev–Trinajstić information content (AvgIpc) is 3.67. The Hall–Kier alpha value is -2.86. The predicted molar refractivity (Wildman–Crippen MR) is 161 cm³/mol. The van der Waals surface area contributed by atoms with Crippen LogP contribution in [0, 0.1) is 0 Å². The molecule has 1 atom stereocenters. The first-order valence-electron chi connectivity index (χ1n) is 12.8. The Morgan fingerprint density at radius 3 is 2.55 bits per heavy atom. The van der Waals surface area contributed by atoms with E-state index in [4.69, 9.17) is 0 Å². The fourth-order valence-corrected chi connectivity index (χ4v) is 4.56. The number of carbonyl (C=O) groups excluding carboxylic acids is 1. The highest BCUT2D eigenvalue weighted by Gasteiger charge is 2.26. The number of pyridine rings is 1. The molecule has 0 spiro atoms. The van der Waals surface area contributed by atoms with Gasteiger partial charge in [-0.05, 0) is 89.4 Å². The zero-order valence-electron chi connectivity index (χ0n) is 22.2. The van der Waals surface area contributed by atoms with E-state index in [1.807, 2.05) is 0 Å². The number of benzene rings is 1. The molecule has 1 unspecified atom stereocenters. The highest BCUT2D eigenvalue weighted by molar-refractivity contribution is 14.0. The molecule has 204 valence electrons. The van der Waals surface area contributed by atoms with Gasteiger partial charge in [0.1, 0.15) is 11.6 Å². The normalized spacial score (nSPS) is 16.8. The molecule has 2 aliphatic carbocycles. The van der Waals surface area contributed by atoms with Gasteiger partial charge in [0.05, 0.1) is 11.3 Å². The molecule has 1 amide bonds. The van der Waals surface area contributed by atoms with Gasteiger partial charge in [0.25, 0.3) is 5.91 Å². The van der Waals surface area contributed by atoms with Gasteiger partial charge in [0.15, 0.2) is 11.5 Å². The SMILES string of the molecule is CN(C)C1CCc2ccc(Nc3cc(Nc4ccnc(C(C)(C)F)n4)c(C(=O)NC4CC4)cn3)cc2C1.I.[HH]. The summed E-state index contributed by atoms with van der Waals surface area (Å²) < 4.78 is 14.5. The lowest BCUT2D eigenvalue weighted by Gasteiger charge is -2.30. The van der Waals surface area contributed by atoms with Crippen molar-refractivity contribution in [3.05, 3.63) is 65.2 Å². The molecule has 3 N–H and O–H groups in total. The van der Waals surface area contributed by atoms with Crippen LogP contribution in [0.2, 0.25) is 0 Å². The second kappa shape index (κ2) is 11.5. The molecule has 0 radical (unpaired) electrons. The van der Waals surface area contributed by atoms with Crippen molar-refractivity contribution in [2.75, 3.05) is 24.7 Å². The summed E-state index contributed by atoms with van der Waals surface area (Å²) in [6.45, 7) is 2.82. The van der Waals surface area contributed by atoms with Gasteiger partial charge in [-0.2, -0.15) is 0 Å². The topological polar surface area (TPSA) is 95.1 Å². The highest BCUT2D eigenvalue weighted by atomic mass is 127. The van der Waals surface area contributed by atoms with Crippen LogP contribution in [-0.2, 0) is 18.5 Å². The molecule has 3 aromatic rings. The molecule has 5 rings (SSSR count). The van der Waals surface area contributed by atoms with E-state index in [2.05, 4.69) is 68.1 Å². The first kappa shape index (κ1) is 28.2. The molecule has 2 heterocycles. The zero-order chi connectivity index (χ0) is 26.2. The smallest absolute Gasteiger partial charge is 0.255 e. The highest BCUT2D eigenvalue weighted by Crippen LogP contribution is 2.30. The van der Waals surface area contributed by atoms with Crippen molar-refractivity contribution in [1.82, 2.24) is 25.2 Å². The summed E-state index contributed by atoms with van der Waals surface area (Å²) in [5, 5.41) is 9.59. The summed E-state index contributed by atoms with van der Waals surface area (Å²) in [6.07, 6.45) is 8.28. The second-order valence-corrected chi connectivity index (χ2v) is 10.7. The fraction of sp³-hybridized carbons (Fsp3) is 0.429. The van der Waals surface area contributed by atoms with Crippen LogP contribution in [0.5, 0.6) is 0 Å². The van der Waals surface area contributed by atoms with Crippen molar-refractivity contribution in [3.8, 4) is 0 Å². The maximum atomic E-state index is 14.5. The van der Waals surface area contributed by atoms with Gasteiger partial charge in [-0.3, -0.25) is 4.79 Å². The Morgan fingerprint density at radius 2 is 1.84 bits per heavy atom. The van der Waals surface area contributed by atoms with E-state index >= 15 is 0 Å². The molecule has 1 fully saturated rings. The van der Waals surface area contributed by atoms with Crippen LogP contribution in [-0.4, -0.2) is 51.9 Å². The number of amides is 1. The molecule has 2 aliphatic rings. The summed E-state index contributed by atoms with van der Waals surface area (Å²) in [4.78, 5) is 28.1. The maximum Gasteiger partial charge on any atom is 0.255 e. The molecule has 10 heteroatoms. The van der Waals surface area contributed by atoms with Crippen LogP contribution in [0.25, 0.3) is 0 Å². The molecule has 0 saturated heterocycles. The van der Waals surface area contributed by atoms with Crippen molar-refractivity contribution in [2.45, 2.75) is 63.7 Å². The van der Waals surface area contributed by atoms with Gasteiger partial charge in [0.2, 0.25) is 0 Å². The number of anilines is 4. The zero-order valence-corrected chi connectivity index (χ0v) is 24.5. The Kier molecular flexibility index (Phi) is 8.51. The quantitative estimate of drug-likeness (QED) is 0.273. The number of halogens is 2. The van der Waals surface area contributed by atoms with Gasteiger partial charge in [-0.25, -0.2) is 19.3 Å². The summed E-state index contributed by atoms with van der Waals surface area (Å²) >= 11 is 0. The Morgan fingerprint density at radius 1 is 1.05 bits per heavy atom. The van der Waals surface area contributed by atoms with Gasteiger partial charge in [-0.15, -0.1) is 24.0 Å². The van der Waals surface area contributed by atoms with Gasteiger partial charge < -0.3 is 20.9 Å². The van der Waals surface area contributed by atoms with E-state index in [1.54, 1.807) is 18.3 Å². The number of aryl methyl sites for hydroxylation is 1. The van der Waals surface area contributed by atoms with Gasteiger partial charge in [0, 0.05) is 37.7 Å². The van der Waals surface area contributed by atoms with Crippen LogP contribution in [0.15, 0.2) is 42.7 Å². The van der Waals surface area contributed by atoms with E-state index in [0.29, 0.717) is 28.9 Å². The van der Waals surface area contributed by atoms with Crippen molar-refractivity contribution in [1.29, 1.82) is 0 Å². The van der Waals surface area contributed by atoms with Crippen LogP contribution < -0.4 is 16.0 Å². The molecule has 0 bridgehead atoms. The standard InChI is InChI=1S/C28H34FN7O.HI.H2/c1-28(2,29)27-30-12-11-24(35-27)34-23-15-25(31-16-22(23)26(37)33-19-8-9-19)32-20-7-5-17-6-10-21(36(3)4)14-18(17)13-20;;/h5,7,11-13,15-16,19,21H,6,8-10,14H2,1-4H3,(H,33,37)(H2,30,31,32,34,35);2*1H. The van der Waals surface area contributed by atoms with E-state index in [9.17, 15) is 9.18 Å². The number of nitrogens with one attached hydrogen (secondary N) is 3. The summed E-state index contributed by atoms with van der Waals surface area (Å²) in [5.74, 6) is 0.856. The van der Waals surface area contributed by atoms with Crippen molar-refractivity contribution in [3.63, 3.8) is 0 Å². The summed E-state index contributed by atoms with van der Waals surface area (Å²) in [5.41, 5.74) is 2.92. The van der Waals surface area contributed by atoms with Crippen LogP contribution in [0.3, 0.4) is 0 Å². The number of alkyl halides is 1. The van der Waals surface area contributed by atoms with E-state index in [1.165, 1.54) is 31.2 Å². The van der Waals surface area contributed by atoms with Crippen molar-refractivity contribution in [2.24, 2.45) is 0 Å². The van der Waals surface area contributed by atoms with Crippen molar-refractivity contribution < 1.29 is 10.6 Å². The number of hydrogen-bond donors (Lipinski definition) is 3. The molecule has 8 nitrogen and oxygen atoms in total.